The zero-order valence-electron chi connectivity index (χ0n) is 12.4. The Morgan fingerprint density at radius 3 is 2.55 bits per heavy atom. The van der Waals surface area contributed by atoms with Crippen LogP contribution in [0, 0.1) is 0 Å². The molecule has 7 nitrogen and oxygen atoms in total. The highest BCUT2D eigenvalue weighted by Gasteiger charge is 2.28. The van der Waals surface area contributed by atoms with Crippen molar-refractivity contribution >= 4 is 23.5 Å². The van der Waals surface area contributed by atoms with Crippen molar-refractivity contribution < 1.29 is 19.5 Å². The minimum Gasteiger partial charge on any atom is -0.481 e. The van der Waals surface area contributed by atoms with Gasteiger partial charge in [-0.05, 0) is 24.1 Å². The minimum atomic E-state index is -0.887. The lowest BCUT2D eigenvalue weighted by atomic mass is 10.0. The van der Waals surface area contributed by atoms with Crippen LogP contribution < -0.4 is 10.6 Å². The molecule has 3 N–H and O–H groups in total. The van der Waals surface area contributed by atoms with E-state index >= 15 is 0 Å². The predicted octanol–water partition coefficient (Wildman–Crippen LogP) is 0.356. The lowest BCUT2D eigenvalue weighted by Crippen LogP contribution is -2.52. The Labute approximate surface area is 128 Å². The highest BCUT2D eigenvalue weighted by atomic mass is 16.4. The fourth-order valence-electron chi connectivity index (χ4n) is 2.31. The second-order valence-electron chi connectivity index (χ2n) is 5.34. The Morgan fingerprint density at radius 1 is 1.32 bits per heavy atom. The first kappa shape index (κ1) is 16.0. The third-order valence-electron chi connectivity index (χ3n) is 3.73. The first-order chi connectivity index (χ1) is 10.4. The van der Waals surface area contributed by atoms with Gasteiger partial charge in [0, 0.05) is 25.2 Å². The van der Waals surface area contributed by atoms with Crippen molar-refractivity contribution in [2.24, 2.45) is 5.73 Å². The van der Waals surface area contributed by atoms with Crippen molar-refractivity contribution in [2.45, 2.75) is 18.9 Å². The summed E-state index contributed by atoms with van der Waals surface area (Å²) in [7, 11) is 1.47. The van der Waals surface area contributed by atoms with Gasteiger partial charge in [-0.2, -0.15) is 0 Å². The number of carboxylic acids is 1. The highest BCUT2D eigenvalue weighted by molar-refractivity contribution is 6.02. The molecule has 0 spiro atoms. The standard InChI is InChI=1S/C15H19N3O4/c1-17-13(19)8-18(9-14(17)20)11-4-2-3-10(7-11)12(16)5-6-15(21)22/h2-4,7,12H,5-6,8-9,16H2,1H3,(H,21,22). The number of hydrogen-bond donors (Lipinski definition) is 2. The normalized spacial score (nSPS) is 16.8. The van der Waals surface area contributed by atoms with Crippen LogP contribution in [0.25, 0.3) is 0 Å². The summed E-state index contributed by atoms with van der Waals surface area (Å²) in [6.07, 6.45) is 0.330. The lowest BCUT2D eigenvalue weighted by Gasteiger charge is -2.32. The number of likely N-dealkylation sites (N-methyl/N-ethyl adjacent to an activating group) is 1. The molecule has 1 aliphatic rings. The average molecular weight is 305 g/mol. The van der Waals surface area contributed by atoms with Crippen LogP contribution in [0.3, 0.4) is 0 Å². The molecule has 2 rings (SSSR count). The topological polar surface area (TPSA) is 104 Å². The molecule has 0 bridgehead atoms. The van der Waals surface area contributed by atoms with E-state index in [-0.39, 0.29) is 31.3 Å². The van der Waals surface area contributed by atoms with Crippen LogP contribution in [0.2, 0.25) is 0 Å². The van der Waals surface area contributed by atoms with Crippen molar-refractivity contribution in [3.8, 4) is 0 Å². The Kier molecular flexibility index (Phi) is 4.77. The van der Waals surface area contributed by atoms with Crippen molar-refractivity contribution in [1.29, 1.82) is 0 Å². The van der Waals surface area contributed by atoms with E-state index in [4.69, 9.17) is 10.8 Å². The average Bonchev–Trinajstić information content (AvgIpc) is 2.49. The number of aliphatic carboxylic acids is 1. The summed E-state index contributed by atoms with van der Waals surface area (Å²) < 4.78 is 0. The Hall–Kier alpha value is -2.41. The SMILES string of the molecule is CN1C(=O)CN(c2cccc(C(N)CCC(=O)O)c2)CC1=O. The van der Waals surface area contributed by atoms with E-state index in [1.165, 1.54) is 7.05 Å². The molecule has 0 aliphatic carbocycles. The number of benzene rings is 1. The molecule has 1 aromatic rings. The fraction of sp³-hybridized carbons (Fsp3) is 0.400. The summed E-state index contributed by atoms with van der Waals surface area (Å²) in [5.74, 6) is -1.39. The van der Waals surface area contributed by atoms with Gasteiger partial charge < -0.3 is 15.7 Å². The largest absolute Gasteiger partial charge is 0.481 e. The number of imide groups is 1. The van der Waals surface area contributed by atoms with Crippen LogP contribution in [0.4, 0.5) is 5.69 Å². The van der Waals surface area contributed by atoms with Gasteiger partial charge in [-0.3, -0.25) is 19.3 Å². The summed E-state index contributed by atoms with van der Waals surface area (Å²) in [5, 5.41) is 8.71. The van der Waals surface area contributed by atoms with Gasteiger partial charge in [0.15, 0.2) is 0 Å². The quantitative estimate of drug-likeness (QED) is 0.761. The van der Waals surface area contributed by atoms with E-state index in [0.29, 0.717) is 6.42 Å². The monoisotopic (exact) mass is 305 g/mol. The number of nitrogens with two attached hydrogens (primary N) is 1. The maximum absolute atomic E-state index is 11.8. The van der Waals surface area contributed by atoms with Crippen molar-refractivity contribution in [1.82, 2.24) is 4.90 Å². The van der Waals surface area contributed by atoms with Gasteiger partial charge in [-0.1, -0.05) is 12.1 Å². The van der Waals surface area contributed by atoms with E-state index in [2.05, 4.69) is 0 Å². The molecule has 1 fully saturated rings. The van der Waals surface area contributed by atoms with E-state index in [0.717, 1.165) is 16.2 Å². The van der Waals surface area contributed by atoms with Gasteiger partial charge in [0.05, 0.1) is 13.1 Å². The third-order valence-corrected chi connectivity index (χ3v) is 3.73. The van der Waals surface area contributed by atoms with E-state index < -0.39 is 12.0 Å². The van der Waals surface area contributed by atoms with Crippen LogP contribution in [0.5, 0.6) is 0 Å². The van der Waals surface area contributed by atoms with Crippen LogP contribution in [-0.2, 0) is 14.4 Å². The zero-order valence-corrected chi connectivity index (χ0v) is 12.4. The number of carbonyl (C=O) groups excluding carboxylic acids is 2. The number of amides is 2. The molecule has 1 heterocycles. The summed E-state index contributed by atoms with van der Waals surface area (Å²) in [6.45, 7) is 0.270. The summed E-state index contributed by atoms with van der Waals surface area (Å²) in [5.41, 5.74) is 7.52. The number of nitrogens with zero attached hydrogens (tertiary/aromatic N) is 2. The van der Waals surface area contributed by atoms with E-state index in [9.17, 15) is 14.4 Å². The molecule has 0 saturated carbocycles. The first-order valence-electron chi connectivity index (χ1n) is 7.00. The van der Waals surface area contributed by atoms with Gasteiger partial charge in [-0.15, -0.1) is 0 Å². The minimum absolute atomic E-state index is 0.00310. The number of hydrogen-bond acceptors (Lipinski definition) is 5. The smallest absolute Gasteiger partial charge is 0.303 e. The van der Waals surface area contributed by atoms with Crippen LogP contribution >= 0.6 is 0 Å². The van der Waals surface area contributed by atoms with Crippen molar-refractivity contribution in [3.05, 3.63) is 29.8 Å². The maximum Gasteiger partial charge on any atom is 0.303 e. The molecule has 1 atom stereocenters. The summed E-state index contributed by atoms with van der Waals surface area (Å²) >= 11 is 0. The molecule has 0 radical (unpaired) electrons. The zero-order chi connectivity index (χ0) is 16.3. The molecule has 1 aliphatic heterocycles. The van der Waals surface area contributed by atoms with Crippen molar-refractivity contribution in [3.63, 3.8) is 0 Å². The van der Waals surface area contributed by atoms with Crippen LogP contribution in [-0.4, -0.2) is 47.9 Å². The summed E-state index contributed by atoms with van der Waals surface area (Å²) in [4.78, 5) is 36.9. The lowest BCUT2D eigenvalue weighted by molar-refractivity contribution is -0.143. The second-order valence-corrected chi connectivity index (χ2v) is 5.34. The molecular formula is C15H19N3O4. The van der Waals surface area contributed by atoms with Crippen LogP contribution in [0.15, 0.2) is 24.3 Å². The Bertz CT molecular complexity index is 584. The van der Waals surface area contributed by atoms with Gasteiger partial charge in [0.2, 0.25) is 11.8 Å². The Balaban J connectivity index is 2.13. The first-order valence-corrected chi connectivity index (χ1v) is 7.00. The summed E-state index contributed by atoms with van der Waals surface area (Å²) in [6, 6.07) is 6.82. The van der Waals surface area contributed by atoms with Crippen molar-refractivity contribution in [2.75, 3.05) is 25.0 Å². The molecule has 2 amide bonds. The highest BCUT2D eigenvalue weighted by Crippen LogP contribution is 2.23. The van der Waals surface area contributed by atoms with Gasteiger partial charge >= 0.3 is 5.97 Å². The molecular weight excluding hydrogens is 286 g/mol. The molecule has 1 aromatic carbocycles. The van der Waals surface area contributed by atoms with Gasteiger partial charge in [0.25, 0.3) is 0 Å². The second kappa shape index (κ2) is 6.57. The molecule has 1 unspecified atom stereocenters. The molecule has 22 heavy (non-hydrogen) atoms. The number of anilines is 1. The molecule has 0 aromatic heterocycles. The molecule has 118 valence electrons. The van der Waals surface area contributed by atoms with E-state index in [1.807, 2.05) is 6.07 Å². The van der Waals surface area contributed by atoms with E-state index in [1.54, 1.807) is 23.1 Å². The van der Waals surface area contributed by atoms with Gasteiger partial charge in [0.1, 0.15) is 0 Å². The van der Waals surface area contributed by atoms with Crippen LogP contribution in [0.1, 0.15) is 24.4 Å². The number of carbonyl (C=O) groups is 3. The number of piperazine rings is 1. The fourth-order valence-corrected chi connectivity index (χ4v) is 2.31. The predicted molar refractivity (Wildman–Crippen MR) is 80.2 cm³/mol. The maximum atomic E-state index is 11.8. The van der Waals surface area contributed by atoms with Gasteiger partial charge in [-0.25, -0.2) is 0 Å². The molecule has 1 saturated heterocycles. The third kappa shape index (κ3) is 3.62. The molecule has 7 heteroatoms. The number of carboxylic acid groups (broad SMARTS) is 1. The Morgan fingerprint density at radius 2 is 1.95 bits per heavy atom. The number of rotatable bonds is 5.